The van der Waals surface area contributed by atoms with E-state index in [0.29, 0.717) is 0 Å². The minimum atomic E-state index is -2.23. The van der Waals surface area contributed by atoms with Gasteiger partial charge in [0.2, 0.25) is 0 Å². The SMILES string of the molecule is C=C1C=CC(OC(C)=O)C2(C)C=CC(O)C(C)(O)C2C(OC(C)=O)C2(O)C(C)C(=O)OC2C1Cl. The Morgan fingerprint density at radius 3 is 2.29 bits per heavy atom. The monoisotopic (exact) mass is 498 g/mol. The lowest BCUT2D eigenvalue weighted by Crippen LogP contribution is -2.70. The summed E-state index contributed by atoms with van der Waals surface area (Å²) in [5, 5.41) is 33.3. The molecule has 3 rings (SSSR count). The zero-order valence-electron chi connectivity index (χ0n) is 19.7. The molecule has 3 aliphatic rings. The highest BCUT2D eigenvalue weighted by atomic mass is 35.5. The van der Waals surface area contributed by atoms with Gasteiger partial charge in [0.15, 0.2) is 11.7 Å². The van der Waals surface area contributed by atoms with Crippen LogP contribution in [-0.4, -0.2) is 74.2 Å². The van der Waals surface area contributed by atoms with Crippen LogP contribution in [0.5, 0.6) is 0 Å². The number of halogens is 1. The molecule has 1 fully saturated rings. The summed E-state index contributed by atoms with van der Waals surface area (Å²) in [4.78, 5) is 37.0. The fraction of sp³-hybridized carbons (Fsp3) is 0.625. The van der Waals surface area contributed by atoms with E-state index in [4.69, 9.17) is 25.8 Å². The molecule has 0 aromatic heterocycles. The number of aliphatic hydroxyl groups is 3. The van der Waals surface area contributed by atoms with E-state index < -0.39 is 76.2 Å². The summed E-state index contributed by atoms with van der Waals surface area (Å²) < 4.78 is 16.7. The number of rotatable bonds is 2. The maximum absolute atomic E-state index is 12.7. The molecule has 0 radical (unpaired) electrons. The van der Waals surface area contributed by atoms with Crippen LogP contribution in [0.2, 0.25) is 0 Å². The average Bonchev–Trinajstić information content (AvgIpc) is 2.96. The number of ether oxygens (including phenoxy) is 3. The van der Waals surface area contributed by atoms with Crippen LogP contribution in [0.4, 0.5) is 0 Å². The van der Waals surface area contributed by atoms with E-state index in [1.54, 1.807) is 6.92 Å². The Bertz CT molecular complexity index is 956. The van der Waals surface area contributed by atoms with Gasteiger partial charge in [-0.1, -0.05) is 31.7 Å². The molecular formula is C24H31ClO9. The largest absolute Gasteiger partial charge is 0.459 e. The zero-order valence-corrected chi connectivity index (χ0v) is 20.5. The zero-order chi connectivity index (χ0) is 25.8. The summed E-state index contributed by atoms with van der Waals surface area (Å²) in [6, 6.07) is 0. The predicted molar refractivity (Wildman–Crippen MR) is 120 cm³/mol. The molecule has 188 valence electrons. The van der Waals surface area contributed by atoms with Crippen molar-refractivity contribution >= 4 is 29.5 Å². The van der Waals surface area contributed by atoms with Gasteiger partial charge in [-0.25, -0.2) is 0 Å². The number of fused-ring (bicyclic) bond motifs is 2. The number of aliphatic hydroxyl groups excluding tert-OH is 1. The second kappa shape index (κ2) is 8.78. The molecule has 10 atom stereocenters. The van der Waals surface area contributed by atoms with Gasteiger partial charge in [0, 0.05) is 25.2 Å². The van der Waals surface area contributed by atoms with Crippen molar-refractivity contribution in [3.8, 4) is 0 Å². The molecular weight excluding hydrogens is 468 g/mol. The van der Waals surface area contributed by atoms with Crippen molar-refractivity contribution in [2.45, 2.75) is 75.6 Å². The van der Waals surface area contributed by atoms with Crippen LogP contribution in [-0.2, 0) is 28.6 Å². The van der Waals surface area contributed by atoms with Crippen molar-refractivity contribution in [2.75, 3.05) is 0 Å². The van der Waals surface area contributed by atoms with Crippen LogP contribution in [0.15, 0.2) is 36.5 Å². The van der Waals surface area contributed by atoms with Crippen LogP contribution >= 0.6 is 11.6 Å². The van der Waals surface area contributed by atoms with E-state index >= 15 is 0 Å². The van der Waals surface area contributed by atoms with Gasteiger partial charge in [0.25, 0.3) is 0 Å². The van der Waals surface area contributed by atoms with Crippen LogP contribution in [0, 0.1) is 17.3 Å². The van der Waals surface area contributed by atoms with Crippen LogP contribution in [0.3, 0.4) is 0 Å². The first kappa shape index (κ1) is 26.4. The summed E-state index contributed by atoms with van der Waals surface area (Å²) in [6.45, 7) is 10.6. The number of alkyl halides is 1. The topological polar surface area (TPSA) is 140 Å². The standard InChI is InChI=1S/C24H31ClO9/c1-11-7-8-16(32-13(3)26)22(5)10-9-15(28)23(6,30)18(22)20(33-14(4)27)24(31)12(2)21(29)34-19(24)17(11)25/h7-10,12,15-20,28,30-31H,1H2,2-6H3. The molecule has 0 spiro atoms. The van der Waals surface area contributed by atoms with Crippen LogP contribution < -0.4 is 0 Å². The van der Waals surface area contributed by atoms with Gasteiger partial charge in [0.05, 0.1) is 16.9 Å². The molecule has 0 saturated carbocycles. The van der Waals surface area contributed by atoms with Crippen molar-refractivity contribution in [1.29, 1.82) is 0 Å². The second-order valence-corrected chi connectivity index (χ2v) is 10.2. The van der Waals surface area contributed by atoms with Crippen LogP contribution in [0.1, 0.15) is 34.6 Å². The number of hydrogen-bond donors (Lipinski definition) is 3. The molecule has 10 unspecified atom stereocenters. The maximum Gasteiger partial charge on any atom is 0.312 e. The molecule has 1 heterocycles. The van der Waals surface area contributed by atoms with Gasteiger partial charge in [0.1, 0.15) is 18.3 Å². The van der Waals surface area contributed by atoms with E-state index in [0.717, 1.165) is 6.92 Å². The van der Waals surface area contributed by atoms with E-state index in [-0.39, 0.29) is 5.57 Å². The second-order valence-electron chi connectivity index (χ2n) is 9.74. The Balaban J connectivity index is 2.40. The smallest absolute Gasteiger partial charge is 0.312 e. The predicted octanol–water partition coefficient (Wildman–Crippen LogP) is 1.18. The lowest BCUT2D eigenvalue weighted by Gasteiger charge is -2.56. The number of allylic oxidation sites excluding steroid dienone is 1. The van der Waals surface area contributed by atoms with E-state index in [1.165, 1.54) is 45.1 Å². The van der Waals surface area contributed by atoms with Gasteiger partial charge >= 0.3 is 17.9 Å². The lowest BCUT2D eigenvalue weighted by atomic mass is 9.55. The maximum atomic E-state index is 12.7. The normalized spacial score (nSPS) is 46.2. The third-order valence-electron chi connectivity index (χ3n) is 7.34. The Hall–Kier alpha value is -2.20. The van der Waals surface area contributed by atoms with Crippen LogP contribution in [0.25, 0.3) is 0 Å². The van der Waals surface area contributed by atoms with Gasteiger partial charge < -0.3 is 29.5 Å². The molecule has 0 bridgehead atoms. The first-order chi connectivity index (χ1) is 15.6. The number of hydrogen-bond acceptors (Lipinski definition) is 9. The summed E-state index contributed by atoms with van der Waals surface area (Å²) >= 11 is 6.59. The molecule has 9 nitrogen and oxygen atoms in total. The van der Waals surface area contributed by atoms with E-state index in [2.05, 4.69) is 6.58 Å². The van der Waals surface area contributed by atoms with Crippen molar-refractivity contribution in [2.24, 2.45) is 17.3 Å². The Morgan fingerprint density at radius 2 is 1.74 bits per heavy atom. The summed E-state index contributed by atoms with van der Waals surface area (Å²) in [5.74, 6) is -4.75. The highest BCUT2D eigenvalue weighted by molar-refractivity contribution is 6.23. The molecule has 2 aliphatic carbocycles. The molecule has 34 heavy (non-hydrogen) atoms. The minimum absolute atomic E-state index is 0.249. The Morgan fingerprint density at radius 1 is 1.15 bits per heavy atom. The molecule has 1 aliphatic heterocycles. The first-order valence-corrected chi connectivity index (χ1v) is 11.4. The van der Waals surface area contributed by atoms with Gasteiger partial charge in [-0.15, -0.1) is 11.6 Å². The molecule has 10 heteroatoms. The molecule has 0 amide bonds. The average molecular weight is 499 g/mol. The van der Waals surface area contributed by atoms with Crippen molar-refractivity contribution in [3.05, 3.63) is 36.5 Å². The third-order valence-corrected chi connectivity index (χ3v) is 7.85. The lowest BCUT2D eigenvalue weighted by molar-refractivity contribution is -0.239. The molecule has 3 N–H and O–H groups in total. The molecule has 1 saturated heterocycles. The van der Waals surface area contributed by atoms with Gasteiger partial charge in [-0.2, -0.15) is 0 Å². The van der Waals surface area contributed by atoms with Crippen molar-refractivity contribution in [3.63, 3.8) is 0 Å². The van der Waals surface area contributed by atoms with Gasteiger partial charge in [-0.05, 0) is 25.5 Å². The summed E-state index contributed by atoms with van der Waals surface area (Å²) in [5.41, 5.74) is -5.33. The first-order valence-electron chi connectivity index (χ1n) is 11.0. The van der Waals surface area contributed by atoms with Crippen molar-refractivity contribution < 1.29 is 43.9 Å². The summed E-state index contributed by atoms with van der Waals surface area (Å²) in [7, 11) is 0. The summed E-state index contributed by atoms with van der Waals surface area (Å²) in [6.07, 6.45) is 0.379. The van der Waals surface area contributed by atoms with E-state index in [9.17, 15) is 29.7 Å². The molecule has 0 aromatic rings. The highest BCUT2D eigenvalue weighted by Crippen LogP contribution is 2.55. The number of carbonyl (C=O) groups excluding carboxylic acids is 3. The Labute approximate surface area is 203 Å². The number of carbonyl (C=O) groups is 3. The van der Waals surface area contributed by atoms with Gasteiger partial charge in [-0.3, -0.25) is 14.4 Å². The fourth-order valence-corrected chi connectivity index (χ4v) is 5.76. The van der Waals surface area contributed by atoms with E-state index in [1.807, 2.05) is 0 Å². The van der Waals surface area contributed by atoms with Crippen molar-refractivity contribution in [1.82, 2.24) is 0 Å². The molecule has 0 aromatic carbocycles. The fourth-order valence-electron chi connectivity index (χ4n) is 5.43. The quantitative estimate of drug-likeness (QED) is 0.221. The number of esters is 3. The third kappa shape index (κ3) is 3.98. The Kier molecular flexibility index (Phi) is 6.82. The minimum Gasteiger partial charge on any atom is -0.459 e. The highest BCUT2D eigenvalue weighted by Gasteiger charge is 2.70.